The van der Waals surface area contributed by atoms with Gasteiger partial charge in [-0.1, -0.05) is 0 Å². The molecule has 2 fully saturated rings. The summed E-state index contributed by atoms with van der Waals surface area (Å²) in [6.45, 7) is 3.84. The van der Waals surface area contributed by atoms with E-state index in [1.54, 1.807) is 30.3 Å². The van der Waals surface area contributed by atoms with Gasteiger partial charge in [-0.15, -0.1) is 0 Å². The van der Waals surface area contributed by atoms with Gasteiger partial charge in [0.1, 0.15) is 24.8 Å². The molecular weight excluding hydrogens is 387 g/mol. The number of hydrogen-bond donors (Lipinski definition) is 1. The van der Waals surface area contributed by atoms with Gasteiger partial charge in [-0.3, -0.25) is 4.79 Å². The van der Waals surface area contributed by atoms with Crippen molar-refractivity contribution in [2.75, 3.05) is 32.8 Å². The first kappa shape index (κ1) is 19.2. The molecule has 0 aromatic heterocycles. The maximum atomic E-state index is 13.0. The molecule has 7 heteroatoms. The van der Waals surface area contributed by atoms with Crippen LogP contribution in [0.4, 0.5) is 4.39 Å². The van der Waals surface area contributed by atoms with Crippen LogP contribution in [0.15, 0.2) is 42.5 Å². The highest BCUT2D eigenvalue weighted by Crippen LogP contribution is 2.33. The number of rotatable bonds is 5. The van der Waals surface area contributed by atoms with E-state index in [-0.39, 0.29) is 30.5 Å². The van der Waals surface area contributed by atoms with Crippen LogP contribution in [0, 0.1) is 11.7 Å². The highest BCUT2D eigenvalue weighted by Gasteiger charge is 2.33. The summed E-state index contributed by atoms with van der Waals surface area (Å²) in [5, 5.41) is 3.17. The number of piperidine rings is 1. The van der Waals surface area contributed by atoms with Crippen LogP contribution in [0.2, 0.25) is 0 Å². The first-order chi connectivity index (χ1) is 14.6. The summed E-state index contributed by atoms with van der Waals surface area (Å²) in [6.07, 6.45) is 1.97. The van der Waals surface area contributed by atoms with E-state index in [1.807, 2.05) is 0 Å². The molecule has 2 bridgehead atoms. The highest BCUT2D eigenvalue weighted by molar-refractivity contribution is 5.95. The molecule has 5 rings (SSSR count). The summed E-state index contributed by atoms with van der Waals surface area (Å²) in [6, 6.07) is 11.3. The molecular formula is C23H25FN2O4. The summed E-state index contributed by atoms with van der Waals surface area (Å²) in [7, 11) is 0. The van der Waals surface area contributed by atoms with Gasteiger partial charge >= 0.3 is 0 Å². The van der Waals surface area contributed by atoms with Gasteiger partial charge in [-0.2, -0.15) is 0 Å². The van der Waals surface area contributed by atoms with Crippen LogP contribution in [0.5, 0.6) is 17.2 Å². The van der Waals surface area contributed by atoms with E-state index in [0.29, 0.717) is 35.3 Å². The van der Waals surface area contributed by atoms with Crippen molar-refractivity contribution >= 4 is 5.91 Å². The lowest BCUT2D eigenvalue weighted by Crippen LogP contribution is -2.47. The van der Waals surface area contributed by atoms with Crippen LogP contribution in [-0.4, -0.2) is 55.8 Å². The molecule has 3 aliphatic heterocycles. The van der Waals surface area contributed by atoms with Crippen molar-refractivity contribution in [3.63, 3.8) is 0 Å². The lowest BCUT2D eigenvalue weighted by molar-refractivity contribution is 0.0533. The van der Waals surface area contributed by atoms with Crippen LogP contribution in [-0.2, 0) is 0 Å². The van der Waals surface area contributed by atoms with Crippen molar-refractivity contribution in [3.8, 4) is 17.2 Å². The molecule has 6 nitrogen and oxygen atoms in total. The van der Waals surface area contributed by atoms with Gasteiger partial charge in [0.05, 0.1) is 0 Å². The van der Waals surface area contributed by atoms with Crippen molar-refractivity contribution in [2.24, 2.45) is 5.92 Å². The molecule has 30 heavy (non-hydrogen) atoms. The van der Waals surface area contributed by atoms with E-state index in [2.05, 4.69) is 10.2 Å². The Kier molecular flexibility index (Phi) is 5.21. The fourth-order valence-electron chi connectivity index (χ4n) is 4.49. The largest absolute Gasteiger partial charge is 0.490 e. The third kappa shape index (κ3) is 4.21. The van der Waals surface area contributed by atoms with E-state index in [0.717, 1.165) is 26.1 Å². The fraction of sp³-hybridized carbons (Fsp3) is 0.435. The Morgan fingerprint density at radius 1 is 1.17 bits per heavy atom. The van der Waals surface area contributed by atoms with Crippen molar-refractivity contribution in [1.82, 2.24) is 10.2 Å². The zero-order chi connectivity index (χ0) is 20.5. The molecule has 0 radical (unpaired) electrons. The van der Waals surface area contributed by atoms with Crippen molar-refractivity contribution in [2.45, 2.75) is 25.0 Å². The lowest BCUT2D eigenvalue weighted by atomic mass is 9.96. The maximum Gasteiger partial charge on any atom is 0.251 e. The summed E-state index contributed by atoms with van der Waals surface area (Å²) in [5.41, 5.74) is 0.561. The zero-order valence-corrected chi connectivity index (χ0v) is 16.7. The van der Waals surface area contributed by atoms with Gasteiger partial charge < -0.3 is 24.4 Å². The minimum atomic E-state index is -0.317. The van der Waals surface area contributed by atoms with Gasteiger partial charge in [0.25, 0.3) is 5.91 Å². The number of fused-ring (bicyclic) bond motifs is 3. The molecule has 4 atom stereocenters. The molecule has 2 aromatic carbocycles. The topological polar surface area (TPSA) is 60.0 Å². The van der Waals surface area contributed by atoms with E-state index in [4.69, 9.17) is 14.2 Å². The SMILES string of the molecule is O=C(N[C@@H]1C[C@H]2CCN(C2)C1)c1ccc2c(c1)O[C@@H](COc1ccc(F)cc1)CO2. The molecule has 0 aliphatic carbocycles. The number of nitrogens with one attached hydrogen (secondary N) is 1. The Labute approximate surface area is 174 Å². The lowest BCUT2D eigenvalue weighted by Gasteiger charge is -2.30. The van der Waals surface area contributed by atoms with E-state index in [9.17, 15) is 9.18 Å². The van der Waals surface area contributed by atoms with Crippen LogP contribution < -0.4 is 19.5 Å². The Bertz CT molecular complexity index is 908. The smallest absolute Gasteiger partial charge is 0.251 e. The third-order valence-corrected chi connectivity index (χ3v) is 5.98. The average molecular weight is 412 g/mol. The molecule has 0 spiro atoms. The maximum absolute atomic E-state index is 13.0. The second-order valence-electron chi connectivity index (χ2n) is 8.30. The average Bonchev–Trinajstić information content (AvgIpc) is 3.10. The number of benzene rings is 2. The van der Waals surface area contributed by atoms with Gasteiger partial charge in [0.15, 0.2) is 17.6 Å². The molecule has 2 aromatic rings. The number of nitrogens with zero attached hydrogens (tertiary/aromatic N) is 1. The molecule has 1 unspecified atom stereocenters. The van der Waals surface area contributed by atoms with E-state index < -0.39 is 0 Å². The van der Waals surface area contributed by atoms with Crippen molar-refractivity contribution in [3.05, 3.63) is 53.8 Å². The Balaban J connectivity index is 1.19. The number of amides is 1. The van der Waals surface area contributed by atoms with Crippen LogP contribution in [0.25, 0.3) is 0 Å². The normalized spacial score (nSPS) is 26.8. The number of carbonyl (C=O) groups is 1. The molecule has 3 aliphatic rings. The van der Waals surface area contributed by atoms with Gasteiger partial charge in [0, 0.05) is 24.7 Å². The summed E-state index contributed by atoms with van der Waals surface area (Å²) in [5.74, 6) is 2.03. The molecule has 158 valence electrons. The monoisotopic (exact) mass is 412 g/mol. The second kappa shape index (κ2) is 8.14. The van der Waals surface area contributed by atoms with Crippen LogP contribution in [0.3, 0.4) is 0 Å². The molecule has 3 heterocycles. The minimum absolute atomic E-state index is 0.0846. The number of halogens is 1. The van der Waals surface area contributed by atoms with Gasteiger partial charge in [0.2, 0.25) is 0 Å². The van der Waals surface area contributed by atoms with Crippen LogP contribution in [0.1, 0.15) is 23.2 Å². The van der Waals surface area contributed by atoms with Crippen molar-refractivity contribution < 1.29 is 23.4 Å². The fourth-order valence-corrected chi connectivity index (χ4v) is 4.49. The first-order valence-electron chi connectivity index (χ1n) is 10.5. The van der Waals surface area contributed by atoms with E-state index >= 15 is 0 Å². The number of carbonyl (C=O) groups excluding carboxylic acids is 1. The third-order valence-electron chi connectivity index (χ3n) is 5.98. The molecule has 1 N–H and O–H groups in total. The minimum Gasteiger partial charge on any atom is -0.490 e. The Morgan fingerprint density at radius 3 is 2.87 bits per heavy atom. The molecule has 1 amide bonds. The predicted molar refractivity (Wildman–Crippen MR) is 109 cm³/mol. The zero-order valence-electron chi connectivity index (χ0n) is 16.7. The molecule has 2 saturated heterocycles. The van der Waals surface area contributed by atoms with Gasteiger partial charge in [-0.05, 0) is 67.8 Å². The quantitative estimate of drug-likeness (QED) is 0.819. The Morgan fingerprint density at radius 2 is 2.03 bits per heavy atom. The number of ether oxygens (including phenoxy) is 3. The summed E-state index contributed by atoms with van der Waals surface area (Å²) < 4.78 is 30.4. The summed E-state index contributed by atoms with van der Waals surface area (Å²) >= 11 is 0. The van der Waals surface area contributed by atoms with Gasteiger partial charge in [-0.25, -0.2) is 4.39 Å². The first-order valence-corrected chi connectivity index (χ1v) is 10.5. The standard InChI is InChI=1S/C23H25FN2O4/c24-17-2-4-19(5-3-17)28-13-20-14-29-21-6-1-16(10-22(21)30-20)23(27)25-18-9-15-7-8-26(11-15)12-18/h1-6,10,15,18,20H,7-9,11-14H2,(H,25,27)/t15-,18-,20+/m1/s1. The molecule has 0 saturated carbocycles. The highest BCUT2D eigenvalue weighted by atomic mass is 19.1. The Hall–Kier alpha value is -2.80. The van der Waals surface area contributed by atoms with Crippen molar-refractivity contribution in [1.29, 1.82) is 0 Å². The van der Waals surface area contributed by atoms with Crippen LogP contribution >= 0.6 is 0 Å². The summed E-state index contributed by atoms with van der Waals surface area (Å²) in [4.78, 5) is 15.2. The second-order valence-corrected chi connectivity index (χ2v) is 8.30. The predicted octanol–water partition coefficient (Wildman–Crippen LogP) is 2.87. The number of hydrogen-bond acceptors (Lipinski definition) is 5. The van der Waals surface area contributed by atoms with E-state index in [1.165, 1.54) is 18.6 Å².